The number of aromatic nitrogens is 1. The number of piperazine rings is 1. The second-order valence-electron chi connectivity index (χ2n) is 8.88. The first-order valence-corrected chi connectivity index (χ1v) is 11.9. The Bertz CT molecular complexity index is 980. The number of carbonyl (C=O) groups excluding carboxylic acids is 1. The molecular weight excluding hydrogens is 426 g/mol. The zero-order valence-corrected chi connectivity index (χ0v) is 19.7. The maximum absolute atomic E-state index is 13.6. The molecule has 1 unspecified atom stereocenters. The van der Waals surface area contributed by atoms with Crippen molar-refractivity contribution in [2.24, 2.45) is 0 Å². The number of nitrogens with zero attached hydrogens (tertiary/aromatic N) is 3. The Morgan fingerprint density at radius 1 is 0.941 bits per heavy atom. The Morgan fingerprint density at radius 3 is 2.12 bits per heavy atom. The zero-order valence-electron chi connectivity index (χ0n) is 19.7. The minimum Gasteiger partial charge on any atom is -0.389 e. The lowest BCUT2D eigenvalue weighted by molar-refractivity contribution is -0.133. The van der Waals surface area contributed by atoms with Gasteiger partial charge in [0.05, 0.1) is 30.9 Å². The molecule has 0 aliphatic carbocycles. The summed E-state index contributed by atoms with van der Waals surface area (Å²) < 4.78 is 5.65. The van der Waals surface area contributed by atoms with E-state index in [0.717, 1.165) is 35.5 Å². The Kier molecular flexibility index (Phi) is 8.41. The number of amides is 1. The quantitative estimate of drug-likeness (QED) is 0.532. The highest BCUT2D eigenvalue weighted by Crippen LogP contribution is 2.27. The van der Waals surface area contributed by atoms with Crippen LogP contribution >= 0.6 is 0 Å². The smallest absolute Gasteiger partial charge is 0.234 e. The molecule has 0 radical (unpaired) electrons. The fraction of sp³-hybridized carbons (Fsp3) is 0.357. The molecule has 178 valence electrons. The number of aliphatic hydroxyl groups excluding tert-OH is 1. The van der Waals surface area contributed by atoms with Crippen LogP contribution in [0.2, 0.25) is 0 Å². The van der Waals surface area contributed by atoms with Gasteiger partial charge in [0.1, 0.15) is 0 Å². The number of β-amino-alcohol motifs (C(OH)–C–C–N with tert-alkyl or cyclic N) is 1. The van der Waals surface area contributed by atoms with Crippen LogP contribution in [0, 0.1) is 6.92 Å². The third-order valence-corrected chi connectivity index (χ3v) is 6.20. The van der Waals surface area contributed by atoms with E-state index >= 15 is 0 Å². The molecule has 1 aliphatic heterocycles. The van der Waals surface area contributed by atoms with Gasteiger partial charge < -0.3 is 14.7 Å². The van der Waals surface area contributed by atoms with Crippen LogP contribution in [0.5, 0.6) is 0 Å². The minimum atomic E-state index is -0.575. The van der Waals surface area contributed by atoms with Crippen LogP contribution in [0.3, 0.4) is 0 Å². The van der Waals surface area contributed by atoms with E-state index in [4.69, 9.17) is 4.74 Å². The molecule has 4 rings (SSSR count). The molecule has 2 aromatic carbocycles. The number of carbonyl (C=O) groups is 1. The van der Waals surface area contributed by atoms with Gasteiger partial charge in [-0.2, -0.15) is 0 Å². The molecule has 1 atom stereocenters. The van der Waals surface area contributed by atoms with Gasteiger partial charge in [-0.15, -0.1) is 0 Å². The van der Waals surface area contributed by atoms with Crippen LogP contribution in [0.15, 0.2) is 79.0 Å². The fourth-order valence-electron chi connectivity index (χ4n) is 4.34. The average molecular weight is 460 g/mol. The van der Waals surface area contributed by atoms with Gasteiger partial charge in [-0.1, -0.05) is 66.7 Å². The van der Waals surface area contributed by atoms with E-state index in [1.54, 1.807) is 0 Å². The summed E-state index contributed by atoms with van der Waals surface area (Å²) in [7, 11) is 0. The number of aliphatic hydroxyl groups is 1. The lowest BCUT2D eigenvalue weighted by Gasteiger charge is -2.37. The Balaban J connectivity index is 1.27. The third-order valence-electron chi connectivity index (χ3n) is 6.20. The molecular formula is C28H33N3O3. The van der Waals surface area contributed by atoms with E-state index in [1.807, 2.05) is 90.8 Å². The van der Waals surface area contributed by atoms with Crippen molar-refractivity contribution in [1.82, 2.24) is 14.8 Å². The lowest BCUT2D eigenvalue weighted by Crippen LogP contribution is -2.51. The number of hydrogen-bond donors (Lipinski definition) is 1. The van der Waals surface area contributed by atoms with Crippen LogP contribution in [0.4, 0.5) is 0 Å². The molecule has 0 bridgehead atoms. The maximum atomic E-state index is 13.6. The van der Waals surface area contributed by atoms with Gasteiger partial charge in [0.2, 0.25) is 5.91 Å². The van der Waals surface area contributed by atoms with Crippen molar-refractivity contribution in [3.63, 3.8) is 0 Å². The molecule has 0 spiro atoms. The van der Waals surface area contributed by atoms with Gasteiger partial charge in [-0.05, 0) is 29.7 Å². The van der Waals surface area contributed by atoms with Gasteiger partial charge in [0.15, 0.2) is 0 Å². The van der Waals surface area contributed by atoms with Crippen LogP contribution in [-0.4, -0.2) is 71.2 Å². The zero-order chi connectivity index (χ0) is 23.8. The van der Waals surface area contributed by atoms with Crippen molar-refractivity contribution in [3.05, 3.63) is 101 Å². The number of benzene rings is 2. The Morgan fingerprint density at radius 2 is 1.56 bits per heavy atom. The second-order valence-corrected chi connectivity index (χ2v) is 8.88. The highest BCUT2D eigenvalue weighted by Gasteiger charge is 2.30. The van der Waals surface area contributed by atoms with Gasteiger partial charge in [-0.25, -0.2) is 0 Å². The van der Waals surface area contributed by atoms with E-state index in [2.05, 4.69) is 9.88 Å². The molecule has 2 heterocycles. The maximum Gasteiger partial charge on any atom is 0.234 e. The molecule has 0 saturated carbocycles. The average Bonchev–Trinajstić information content (AvgIpc) is 2.87. The Labute approximate surface area is 201 Å². The summed E-state index contributed by atoms with van der Waals surface area (Å²) in [5.41, 5.74) is 3.99. The molecule has 1 aliphatic rings. The first-order chi connectivity index (χ1) is 16.6. The number of hydrogen-bond acceptors (Lipinski definition) is 5. The monoisotopic (exact) mass is 459 g/mol. The van der Waals surface area contributed by atoms with E-state index in [0.29, 0.717) is 26.2 Å². The van der Waals surface area contributed by atoms with Crippen molar-refractivity contribution < 1.29 is 14.6 Å². The summed E-state index contributed by atoms with van der Waals surface area (Å²) >= 11 is 0. The molecule has 6 heteroatoms. The third kappa shape index (κ3) is 6.50. The summed E-state index contributed by atoms with van der Waals surface area (Å²) in [6.45, 7) is 5.95. The lowest BCUT2D eigenvalue weighted by atomic mass is 9.90. The standard InChI is InChI=1S/C28H33N3O3/c1-22-12-13-25(29-18-22)20-34-21-26(32)19-30-14-16-31(17-15-30)28(33)27(23-8-4-2-5-9-23)24-10-6-3-7-11-24/h2-13,18,26-27,32H,14-17,19-21H2,1H3. The summed E-state index contributed by atoms with van der Waals surface area (Å²) in [4.78, 5) is 22.0. The summed E-state index contributed by atoms with van der Waals surface area (Å²) in [6.07, 6.45) is 1.24. The van der Waals surface area contributed by atoms with Crippen molar-refractivity contribution in [3.8, 4) is 0 Å². The van der Waals surface area contributed by atoms with Crippen molar-refractivity contribution >= 4 is 5.91 Å². The molecule has 1 fully saturated rings. The van der Waals surface area contributed by atoms with Crippen LogP contribution in [0.25, 0.3) is 0 Å². The molecule has 1 N–H and O–H groups in total. The SMILES string of the molecule is Cc1ccc(COCC(O)CN2CCN(C(=O)C(c3ccccc3)c3ccccc3)CC2)nc1. The largest absolute Gasteiger partial charge is 0.389 e. The number of aryl methyl sites for hydroxylation is 1. The van der Waals surface area contributed by atoms with E-state index in [1.165, 1.54) is 0 Å². The first-order valence-electron chi connectivity index (χ1n) is 11.9. The van der Waals surface area contributed by atoms with Crippen molar-refractivity contribution in [1.29, 1.82) is 0 Å². The molecule has 1 amide bonds. The number of ether oxygens (including phenoxy) is 1. The van der Waals surface area contributed by atoms with Gasteiger partial charge in [0.25, 0.3) is 0 Å². The summed E-state index contributed by atoms with van der Waals surface area (Å²) in [5.74, 6) is -0.171. The summed E-state index contributed by atoms with van der Waals surface area (Å²) in [5, 5.41) is 10.4. The Hall–Kier alpha value is -3.06. The molecule has 34 heavy (non-hydrogen) atoms. The van der Waals surface area contributed by atoms with Gasteiger partial charge in [0, 0.05) is 38.9 Å². The number of rotatable bonds is 9. The van der Waals surface area contributed by atoms with Crippen molar-refractivity contribution in [2.45, 2.75) is 25.6 Å². The normalized spacial score (nSPS) is 15.4. The predicted octanol–water partition coefficient (Wildman–Crippen LogP) is 3.24. The second kappa shape index (κ2) is 11.9. The topological polar surface area (TPSA) is 65.9 Å². The highest BCUT2D eigenvalue weighted by atomic mass is 16.5. The predicted molar refractivity (Wildman–Crippen MR) is 132 cm³/mol. The van der Waals surface area contributed by atoms with Gasteiger partial charge >= 0.3 is 0 Å². The van der Waals surface area contributed by atoms with E-state index < -0.39 is 6.10 Å². The van der Waals surface area contributed by atoms with Crippen LogP contribution in [0.1, 0.15) is 28.3 Å². The van der Waals surface area contributed by atoms with E-state index in [-0.39, 0.29) is 18.4 Å². The molecule has 3 aromatic rings. The van der Waals surface area contributed by atoms with Crippen LogP contribution in [-0.2, 0) is 16.1 Å². The summed E-state index contributed by atoms with van der Waals surface area (Å²) in [6, 6.07) is 23.9. The molecule has 6 nitrogen and oxygen atoms in total. The highest BCUT2D eigenvalue weighted by molar-refractivity contribution is 5.87. The fourth-order valence-corrected chi connectivity index (χ4v) is 4.34. The van der Waals surface area contributed by atoms with Gasteiger partial charge in [-0.3, -0.25) is 14.7 Å². The molecule has 1 saturated heterocycles. The first kappa shape index (κ1) is 24.1. The molecule has 1 aromatic heterocycles. The minimum absolute atomic E-state index is 0.131. The number of pyridine rings is 1. The van der Waals surface area contributed by atoms with E-state index in [9.17, 15) is 9.90 Å². The van der Waals surface area contributed by atoms with Crippen LogP contribution < -0.4 is 0 Å². The van der Waals surface area contributed by atoms with Crippen molar-refractivity contribution in [2.75, 3.05) is 39.3 Å².